The first-order valence-corrected chi connectivity index (χ1v) is 7.68. The van der Waals surface area contributed by atoms with Gasteiger partial charge in [0.05, 0.1) is 4.75 Å². The van der Waals surface area contributed by atoms with E-state index in [2.05, 4.69) is 12.2 Å². The van der Waals surface area contributed by atoms with Crippen molar-refractivity contribution in [2.45, 2.75) is 49.8 Å². The van der Waals surface area contributed by atoms with E-state index >= 15 is 0 Å². The Morgan fingerprint density at radius 3 is 2.94 bits per heavy atom. The zero-order valence-electron chi connectivity index (χ0n) is 9.80. The van der Waals surface area contributed by atoms with E-state index in [1.165, 1.54) is 6.42 Å². The standard InChI is InChI=1S/C12H20ClNOS/c1-12(6-3-7-16-12)11(15)14-10-5-2-4-9(10)8-13/h9-10H,2-8H2,1H3,(H,14,15). The van der Waals surface area contributed by atoms with Gasteiger partial charge in [-0.2, -0.15) is 0 Å². The van der Waals surface area contributed by atoms with Crippen LogP contribution in [0.5, 0.6) is 0 Å². The first-order valence-electron chi connectivity index (χ1n) is 6.16. The molecule has 0 spiro atoms. The summed E-state index contributed by atoms with van der Waals surface area (Å²) in [6.45, 7) is 2.07. The molecule has 2 rings (SSSR count). The van der Waals surface area contributed by atoms with E-state index in [1.54, 1.807) is 11.8 Å². The predicted octanol–water partition coefficient (Wildman–Crippen LogP) is 2.80. The average molecular weight is 262 g/mol. The zero-order valence-corrected chi connectivity index (χ0v) is 11.4. The zero-order chi connectivity index (χ0) is 11.6. The Bertz CT molecular complexity index is 266. The number of amides is 1. The molecule has 92 valence electrons. The molecule has 1 aliphatic carbocycles. The van der Waals surface area contributed by atoms with Gasteiger partial charge in [0, 0.05) is 11.9 Å². The fourth-order valence-corrected chi connectivity index (χ4v) is 4.28. The minimum absolute atomic E-state index is 0.181. The summed E-state index contributed by atoms with van der Waals surface area (Å²) in [5, 5.41) is 3.22. The molecule has 2 nitrogen and oxygen atoms in total. The number of halogens is 1. The van der Waals surface area contributed by atoms with Crippen LogP contribution in [0.25, 0.3) is 0 Å². The molecule has 1 saturated carbocycles. The van der Waals surface area contributed by atoms with Gasteiger partial charge in [0.1, 0.15) is 0 Å². The first kappa shape index (κ1) is 12.6. The van der Waals surface area contributed by atoms with Crippen LogP contribution in [0, 0.1) is 5.92 Å². The molecule has 4 heteroatoms. The molecule has 0 aromatic carbocycles. The molecule has 0 bridgehead atoms. The lowest BCUT2D eigenvalue weighted by atomic mass is 10.0. The topological polar surface area (TPSA) is 29.1 Å². The third-order valence-corrected chi connectivity index (χ3v) is 5.79. The van der Waals surface area contributed by atoms with Crippen molar-refractivity contribution in [2.24, 2.45) is 5.92 Å². The molecule has 0 aromatic heterocycles. The smallest absolute Gasteiger partial charge is 0.236 e. The average Bonchev–Trinajstić information content (AvgIpc) is 2.87. The van der Waals surface area contributed by atoms with Crippen molar-refractivity contribution in [2.75, 3.05) is 11.6 Å². The number of nitrogens with one attached hydrogen (secondary N) is 1. The highest BCUT2D eigenvalue weighted by molar-refractivity contribution is 8.01. The monoisotopic (exact) mass is 261 g/mol. The Kier molecular flexibility index (Phi) is 4.06. The van der Waals surface area contributed by atoms with Crippen molar-refractivity contribution in [3.8, 4) is 0 Å². The number of hydrogen-bond donors (Lipinski definition) is 1. The number of rotatable bonds is 3. The highest BCUT2D eigenvalue weighted by Gasteiger charge is 2.39. The second kappa shape index (κ2) is 5.18. The molecule has 3 atom stereocenters. The summed E-state index contributed by atoms with van der Waals surface area (Å²) in [6, 6.07) is 0.322. The lowest BCUT2D eigenvalue weighted by Gasteiger charge is -2.26. The molecular weight excluding hydrogens is 242 g/mol. The van der Waals surface area contributed by atoms with Crippen molar-refractivity contribution in [3.63, 3.8) is 0 Å². The quantitative estimate of drug-likeness (QED) is 0.792. The summed E-state index contributed by atoms with van der Waals surface area (Å²) >= 11 is 7.72. The van der Waals surface area contributed by atoms with E-state index < -0.39 is 0 Å². The summed E-state index contributed by atoms with van der Waals surface area (Å²) in [6.07, 6.45) is 5.65. The maximum Gasteiger partial charge on any atom is 0.236 e. The largest absolute Gasteiger partial charge is 0.352 e. The van der Waals surface area contributed by atoms with Crippen molar-refractivity contribution in [1.82, 2.24) is 5.32 Å². The maximum atomic E-state index is 12.2. The molecule has 2 fully saturated rings. The highest BCUT2D eigenvalue weighted by atomic mass is 35.5. The van der Waals surface area contributed by atoms with Gasteiger partial charge in [0.25, 0.3) is 0 Å². The predicted molar refractivity (Wildman–Crippen MR) is 70.1 cm³/mol. The number of carbonyl (C=O) groups is 1. The van der Waals surface area contributed by atoms with E-state index in [4.69, 9.17) is 11.6 Å². The lowest BCUT2D eigenvalue weighted by Crippen LogP contribution is -2.47. The molecule has 0 radical (unpaired) electrons. The van der Waals surface area contributed by atoms with E-state index in [1.807, 2.05) is 0 Å². The van der Waals surface area contributed by atoms with E-state index in [9.17, 15) is 4.79 Å². The van der Waals surface area contributed by atoms with Gasteiger partial charge < -0.3 is 5.32 Å². The van der Waals surface area contributed by atoms with Crippen molar-refractivity contribution in [3.05, 3.63) is 0 Å². The summed E-state index contributed by atoms with van der Waals surface area (Å²) in [7, 11) is 0. The fraction of sp³-hybridized carbons (Fsp3) is 0.917. The molecule has 0 aromatic rings. The third-order valence-electron chi connectivity index (χ3n) is 3.87. The number of thioether (sulfide) groups is 1. The molecule has 1 amide bonds. The van der Waals surface area contributed by atoms with E-state index in [0.717, 1.165) is 31.4 Å². The van der Waals surface area contributed by atoms with Crippen molar-refractivity contribution in [1.29, 1.82) is 0 Å². The summed E-state index contributed by atoms with van der Waals surface area (Å²) in [4.78, 5) is 12.2. The van der Waals surface area contributed by atoms with Gasteiger partial charge in [0.15, 0.2) is 0 Å². The normalized spacial score (nSPS) is 38.9. The van der Waals surface area contributed by atoms with E-state index in [0.29, 0.717) is 17.8 Å². The Morgan fingerprint density at radius 1 is 1.50 bits per heavy atom. The van der Waals surface area contributed by atoms with Crippen LogP contribution in [0.1, 0.15) is 39.0 Å². The number of carbonyl (C=O) groups excluding carboxylic acids is 1. The molecular formula is C12H20ClNOS. The summed E-state index contributed by atoms with van der Waals surface area (Å²) in [5.74, 6) is 2.51. The summed E-state index contributed by atoms with van der Waals surface area (Å²) < 4.78 is -0.181. The molecule has 16 heavy (non-hydrogen) atoms. The van der Waals surface area contributed by atoms with Gasteiger partial charge >= 0.3 is 0 Å². The van der Waals surface area contributed by atoms with Gasteiger partial charge in [-0.1, -0.05) is 6.42 Å². The molecule has 3 unspecified atom stereocenters. The van der Waals surface area contributed by atoms with Crippen LogP contribution >= 0.6 is 23.4 Å². The highest BCUT2D eigenvalue weighted by Crippen LogP contribution is 2.38. The van der Waals surface area contributed by atoms with Gasteiger partial charge in [-0.05, 0) is 44.3 Å². The van der Waals surface area contributed by atoms with Crippen LogP contribution in [-0.4, -0.2) is 28.3 Å². The van der Waals surface area contributed by atoms with Crippen molar-refractivity contribution >= 4 is 29.3 Å². The molecule has 1 saturated heterocycles. The minimum Gasteiger partial charge on any atom is -0.352 e. The SMILES string of the molecule is CC1(C(=O)NC2CCCC2CCl)CCCS1. The third kappa shape index (κ3) is 2.51. The van der Waals surface area contributed by atoms with Crippen LogP contribution < -0.4 is 5.32 Å². The van der Waals surface area contributed by atoms with Crippen LogP contribution in [0.2, 0.25) is 0 Å². The van der Waals surface area contributed by atoms with Crippen LogP contribution in [0.3, 0.4) is 0 Å². The maximum absolute atomic E-state index is 12.2. The Labute approximate surface area is 107 Å². The van der Waals surface area contributed by atoms with Crippen molar-refractivity contribution < 1.29 is 4.79 Å². The van der Waals surface area contributed by atoms with Crippen LogP contribution in [0.15, 0.2) is 0 Å². The first-order chi connectivity index (χ1) is 7.65. The molecule has 1 N–H and O–H groups in total. The molecule has 1 heterocycles. The Morgan fingerprint density at radius 2 is 2.31 bits per heavy atom. The van der Waals surface area contributed by atoms with Gasteiger partial charge in [-0.25, -0.2) is 0 Å². The molecule has 1 aliphatic heterocycles. The van der Waals surface area contributed by atoms with Gasteiger partial charge in [-0.3, -0.25) is 4.79 Å². The van der Waals surface area contributed by atoms with Gasteiger partial charge in [-0.15, -0.1) is 23.4 Å². The minimum atomic E-state index is -0.181. The second-order valence-corrected chi connectivity index (χ2v) is 7.01. The van der Waals surface area contributed by atoms with Crippen LogP contribution in [0.4, 0.5) is 0 Å². The molecule has 2 aliphatic rings. The Balaban J connectivity index is 1.91. The lowest BCUT2D eigenvalue weighted by molar-refractivity contribution is -0.124. The number of hydrogen-bond acceptors (Lipinski definition) is 2. The number of alkyl halides is 1. The fourth-order valence-electron chi connectivity index (χ4n) is 2.69. The summed E-state index contributed by atoms with van der Waals surface area (Å²) in [5.41, 5.74) is 0. The second-order valence-electron chi connectivity index (χ2n) is 5.11. The Hall–Kier alpha value is 0.110. The van der Waals surface area contributed by atoms with Gasteiger partial charge in [0.2, 0.25) is 5.91 Å². The van der Waals surface area contributed by atoms with Crippen LogP contribution in [-0.2, 0) is 4.79 Å². The van der Waals surface area contributed by atoms with E-state index in [-0.39, 0.29) is 10.7 Å².